The SMILES string of the molecule is O=C(OI)[C@H]1C2CCC(CC2)[C@@H]1Nc1nc(-c2c[nH]c3ncc(F)cc23)ncc1F. The lowest BCUT2D eigenvalue weighted by molar-refractivity contribution is -0.142. The summed E-state index contributed by atoms with van der Waals surface area (Å²) < 4.78 is 33.3. The van der Waals surface area contributed by atoms with E-state index in [1.165, 1.54) is 6.07 Å². The van der Waals surface area contributed by atoms with Crippen molar-refractivity contribution in [1.82, 2.24) is 19.9 Å². The van der Waals surface area contributed by atoms with Gasteiger partial charge in [-0.3, -0.25) is 4.79 Å². The molecule has 3 aromatic rings. The van der Waals surface area contributed by atoms with Crippen molar-refractivity contribution >= 4 is 45.8 Å². The van der Waals surface area contributed by atoms with Crippen molar-refractivity contribution in [3.05, 3.63) is 36.3 Å². The Kier molecular flexibility index (Phi) is 5.03. The summed E-state index contributed by atoms with van der Waals surface area (Å²) in [5.74, 6) is -0.961. The number of aromatic nitrogens is 4. The van der Waals surface area contributed by atoms with Crippen molar-refractivity contribution in [3.63, 3.8) is 0 Å². The van der Waals surface area contributed by atoms with Gasteiger partial charge < -0.3 is 13.4 Å². The molecule has 3 aliphatic rings. The molecule has 2 bridgehead atoms. The summed E-state index contributed by atoms with van der Waals surface area (Å²) in [7, 11) is 0. The number of halogens is 3. The molecular weight excluding hydrogens is 507 g/mol. The second kappa shape index (κ2) is 7.71. The minimum absolute atomic E-state index is 0.0301. The second-order valence-corrected chi connectivity index (χ2v) is 8.35. The van der Waals surface area contributed by atoms with E-state index in [1.54, 1.807) is 29.2 Å². The molecule has 0 aromatic carbocycles. The van der Waals surface area contributed by atoms with Gasteiger partial charge in [0.05, 0.1) is 18.3 Å². The van der Waals surface area contributed by atoms with Crippen LogP contribution in [0.3, 0.4) is 0 Å². The van der Waals surface area contributed by atoms with Crippen molar-refractivity contribution in [2.75, 3.05) is 5.32 Å². The molecule has 0 radical (unpaired) electrons. The summed E-state index contributed by atoms with van der Waals surface area (Å²) >= 11 is 1.61. The van der Waals surface area contributed by atoms with Crippen LogP contribution in [-0.4, -0.2) is 31.9 Å². The molecule has 10 heteroatoms. The molecule has 0 saturated heterocycles. The van der Waals surface area contributed by atoms with Crippen molar-refractivity contribution in [1.29, 1.82) is 0 Å². The molecule has 2 atom stereocenters. The lowest BCUT2D eigenvalue weighted by atomic mass is 9.61. The molecule has 156 valence electrons. The Hall–Kier alpha value is -2.37. The summed E-state index contributed by atoms with van der Waals surface area (Å²) in [4.78, 5) is 27.8. The van der Waals surface area contributed by atoms with Gasteiger partial charge in [-0.1, -0.05) is 0 Å². The zero-order valence-corrected chi connectivity index (χ0v) is 17.9. The van der Waals surface area contributed by atoms with Gasteiger partial charge in [0, 0.05) is 23.2 Å². The number of carbonyl (C=O) groups excluding carboxylic acids is 1. The summed E-state index contributed by atoms with van der Waals surface area (Å²) in [5.41, 5.74) is 1.01. The predicted molar refractivity (Wildman–Crippen MR) is 113 cm³/mol. The maximum Gasteiger partial charge on any atom is 0.320 e. The molecule has 2 N–H and O–H groups in total. The Balaban J connectivity index is 1.50. The first-order valence-electron chi connectivity index (χ1n) is 9.79. The van der Waals surface area contributed by atoms with Gasteiger partial charge in [-0.25, -0.2) is 23.7 Å². The van der Waals surface area contributed by atoms with Crippen molar-refractivity contribution in [2.24, 2.45) is 17.8 Å². The molecule has 3 fully saturated rings. The van der Waals surface area contributed by atoms with Gasteiger partial charge in [0.15, 0.2) is 40.5 Å². The van der Waals surface area contributed by atoms with E-state index in [-0.39, 0.29) is 41.4 Å². The number of pyridine rings is 1. The summed E-state index contributed by atoms with van der Waals surface area (Å²) in [6.07, 6.45) is 7.75. The molecule has 3 heterocycles. The van der Waals surface area contributed by atoms with Gasteiger partial charge >= 0.3 is 5.97 Å². The molecule has 0 amide bonds. The minimum Gasteiger partial charge on any atom is -0.394 e. The Labute approximate surface area is 184 Å². The fourth-order valence-electron chi connectivity index (χ4n) is 4.97. The van der Waals surface area contributed by atoms with Crippen LogP contribution in [0.4, 0.5) is 14.6 Å². The van der Waals surface area contributed by atoms with E-state index in [0.717, 1.165) is 38.1 Å². The highest BCUT2D eigenvalue weighted by molar-refractivity contribution is 14.1. The fraction of sp³-hybridized carbons (Fsp3) is 0.400. The van der Waals surface area contributed by atoms with Gasteiger partial charge in [0.2, 0.25) is 0 Å². The van der Waals surface area contributed by atoms with Crippen LogP contribution in [-0.2, 0) is 7.86 Å². The van der Waals surface area contributed by atoms with Crippen LogP contribution in [0.15, 0.2) is 24.7 Å². The van der Waals surface area contributed by atoms with Gasteiger partial charge in [-0.05, 0) is 43.6 Å². The van der Waals surface area contributed by atoms with E-state index < -0.39 is 11.6 Å². The average Bonchev–Trinajstić information content (AvgIpc) is 3.18. The van der Waals surface area contributed by atoms with E-state index in [9.17, 15) is 13.6 Å². The van der Waals surface area contributed by atoms with Crippen LogP contribution in [0.1, 0.15) is 25.7 Å². The number of nitrogens with zero attached hydrogens (tertiary/aromatic N) is 3. The molecule has 3 aliphatic carbocycles. The van der Waals surface area contributed by atoms with Gasteiger partial charge in [0.1, 0.15) is 11.5 Å². The monoisotopic (exact) mass is 525 g/mol. The Morgan fingerprint density at radius 3 is 2.70 bits per heavy atom. The second-order valence-electron chi connectivity index (χ2n) is 7.91. The molecule has 7 nitrogen and oxygen atoms in total. The number of hydrogen-bond donors (Lipinski definition) is 2. The van der Waals surface area contributed by atoms with Gasteiger partial charge in [0.25, 0.3) is 0 Å². The number of nitrogens with one attached hydrogen (secondary N) is 2. The number of anilines is 1. The first kappa shape index (κ1) is 19.6. The standard InChI is InChI=1S/C20H18F2IN5O2/c21-11-5-12-13(7-25-17(12)24-6-11)18-26-8-14(22)19(28-18)27-16-10-3-1-9(2-4-10)15(16)20(29)30-23/h5-10,15-16H,1-4H2,(H,24,25)(H,26,27,28)/t9?,10?,15-,16-/m0/s1. The van der Waals surface area contributed by atoms with E-state index in [0.29, 0.717) is 16.6 Å². The highest BCUT2D eigenvalue weighted by Gasteiger charge is 2.48. The first-order chi connectivity index (χ1) is 14.5. The summed E-state index contributed by atoms with van der Waals surface area (Å²) in [6.45, 7) is 0. The Bertz CT molecular complexity index is 1120. The van der Waals surface area contributed by atoms with Crippen LogP contribution < -0.4 is 5.32 Å². The number of hydrogen-bond acceptors (Lipinski definition) is 6. The Morgan fingerprint density at radius 1 is 1.17 bits per heavy atom. The largest absolute Gasteiger partial charge is 0.394 e. The van der Waals surface area contributed by atoms with Crippen LogP contribution in [0.25, 0.3) is 22.4 Å². The fourth-order valence-corrected chi connectivity index (χ4v) is 5.26. The van der Waals surface area contributed by atoms with Crippen molar-refractivity contribution in [2.45, 2.75) is 31.7 Å². The van der Waals surface area contributed by atoms with E-state index in [1.807, 2.05) is 0 Å². The molecule has 3 aromatic heterocycles. The number of H-pyrrole nitrogens is 1. The smallest absolute Gasteiger partial charge is 0.320 e. The maximum absolute atomic E-state index is 14.6. The zero-order valence-electron chi connectivity index (χ0n) is 15.7. The third-order valence-electron chi connectivity index (χ3n) is 6.35. The molecule has 3 saturated carbocycles. The number of fused-ring (bicyclic) bond motifs is 4. The van der Waals surface area contributed by atoms with Crippen LogP contribution in [0, 0.1) is 29.4 Å². The van der Waals surface area contributed by atoms with E-state index >= 15 is 0 Å². The van der Waals surface area contributed by atoms with Crippen LogP contribution in [0.2, 0.25) is 0 Å². The number of rotatable bonds is 4. The third kappa shape index (κ3) is 3.30. The van der Waals surface area contributed by atoms with Crippen molar-refractivity contribution < 1.29 is 16.6 Å². The normalized spacial score (nSPS) is 25.4. The van der Waals surface area contributed by atoms with E-state index in [4.69, 9.17) is 3.07 Å². The topological polar surface area (TPSA) is 92.8 Å². The Morgan fingerprint density at radius 2 is 1.93 bits per heavy atom. The predicted octanol–water partition coefficient (Wildman–Crippen LogP) is 4.41. The van der Waals surface area contributed by atoms with Gasteiger partial charge in [-0.15, -0.1) is 0 Å². The molecule has 0 spiro atoms. The molecule has 0 unspecified atom stereocenters. The zero-order chi connectivity index (χ0) is 20.8. The highest BCUT2D eigenvalue weighted by Crippen LogP contribution is 2.47. The van der Waals surface area contributed by atoms with Crippen LogP contribution in [0.5, 0.6) is 0 Å². The van der Waals surface area contributed by atoms with E-state index in [2.05, 4.69) is 25.3 Å². The molecule has 30 heavy (non-hydrogen) atoms. The highest BCUT2D eigenvalue weighted by atomic mass is 127. The van der Waals surface area contributed by atoms with Crippen LogP contribution >= 0.6 is 23.0 Å². The van der Waals surface area contributed by atoms with Gasteiger partial charge in [-0.2, -0.15) is 0 Å². The lowest BCUT2D eigenvalue weighted by Crippen LogP contribution is -2.51. The molecular formula is C20H18F2IN5O2. The van der Waals surface area contributed by atoms with Crippen molar-refractivity contribution in [3.8, 4) is 11.4 Å². The summed E-state index contributed by atoms with van der Waals surface area (Å²) in [6, 6.07) is 1.08. The molecule has 6 rings (SSSR count). The average molecular weight is 525 g/mol. The molecule has 0 aliphatic heterocycles. The number of aromatic amines is 1. The maximum atomic E-state index is 14.6. The lowest BCUT2D eigenvalue weighted by Gasteiger charge is -2.47. The summed E-state index contributed by atoms with van der Waals surface area (Å²) in [5, 5.41) is 3.69. The first-order valence-corrected chi connectivity index (χ1v) is 10.7. The minimum atomic E-state index is -0.606. The third-order valence-corrected chi connectivity index (χ3v) is 6.79. The quantitative estimate of drug-likeness (QED) is 0.491. The number of carbonyl (C=O) groups is 1.